The highest BCUT2D eigenvalue weighted by molar-refractivity contribution is 7.90. The summed E-state index contributed by atoms with van der Waals surface area (Å²) in [5.74, 6) is 0.0353. The van der Waals surface area contributed by atoms with Gasteiger partial charge in [-0.25, -0.2) is 8.42 Å². The maximum Gasteiger partial charge on any atom is 0.234 e. The monoisotopic (exact) mass is 236 g/mol. The number of sulfone groups is 1. The van der Waals surface area contributed by atoms with Crippen LogP contribution in [0.25, 0.3) is 0 Å². The number of carbonyl (C=O) groups is 1. The van der Waals surface area contributed by atoms with Crippen LogP contribution in [0.15, 0.2) is 0 Å². The second-order valence-electron chi connectivity index (χ2n) is 3.45. The minimum Gasteiger partial charge on any atom is -0.355 e. The molecule has 0 saturated heterocycles. The summed E-state index contributed by atoms with van der Waals surface area (Å²) in [4.78, 5) is 13.0. The lowest BCUT2D eigenvalue weighted by Gasteiger charge is -2.18. The average molecular weight is 236 g/mol. The molecule has 0 spiro atoms. The van der Waals surface area contributed by atoms with E-state index in [9.17, 15) is 13.2 Å². The number of nitrogens with one attached hydrogen (secondary N) is 1. The van der Waals surface area contributed by atoms with E-state index in [2.05, 4.69) is 5.32 Å². The van der Waals surface area contributed by atoms with Crippen LogP contribution in [-0.4, -0.2) is 57.4 Å². The van der Waals surface area contributed by atoms with Gasteiger partial charge in [0.1, 0.15) is 9.84 Å². The van der Waals surface area contributed by atoms with Gasteiger partial charge >= 0.3 is 0 Å². The predicted octanol–water partition coefficient (Wildman–Crippen LogP) is -0.511. The van der Waals surface area contributed by atoms with Crippen molar-refractivity contribution >= 4 is 15.7 Å². The minimum atomic E-state index is -2.95. The Balaban J connectivity index is 3.98. The van der Waals surface area contributed by atoms with E-state index in [0.717, 1.165) is 0 Å². The number of hydrogen-bond donors (Lipinski definition) is 1. The Bertz CT molecular complexity index is 288. The summed E-state index contributed by atoms with van der Waals surface area (Å²) in [6, 6.07) is 0. The standard InChI is InChI=1S/C9H20N2O3S/c1-4-10-9(12)8-11(5-2)6-7-15(3,13)14/h4-8H2,1-3H3,(H,10,12). The van der Waals surface area contributed by atoms with E-state index in [1.165, 1.54) is 6.26 Å². The Labute approximate surface area is 91.8 Å². The van der Waals surface area contributed by atoms with Gasteiger partial charge in [-0.05, 0) is 13.5 Å². The quantitative estimate of drug-likeness (QED) is 0.646. The van der Waals surface area contributed by atoms with Crippen LogP contribution in [-0.2, 0) is 14.6 Å². The molecule has 0 aromatic heterocycles. The Morgan fingerprint density at radius 3 is 2.33 bits per heavy atom. The van der Waals surface area contributed by atoms with Crippen molar-refractivity contribution in [1.82, 2.24) is 10.2 Å². The molecule has 5 nitrogen and oxygen atoms in total. The fourth-order valence-electron chi connectivity index (χ4n) is 1.10. The Morgan fingerprint density at radius 2 is 1.93 bits per heavy atom. The van der Waals surface area contributed by atoms with Gasteiger partial charge in [0.2, 0.25) is 5.91 Å². The van der Waals surface area contributed by atoms with Gasteiger partial charge in [0, 0.05) is 19.3 Å². The molecule has 15 heavy (non-hydrogen) atoms. The summed E-state index contributed by atoms with van der Waals surface area (Å²) >= 11 is 0. The van der Waals surface area contributed by atoms with Gasteiger partial charge in [-0.2, -0.15) is 0 Å². The lowest BCUT2D eigenvalue weighted by molar-refractivity contribution is -0.122. The Hall–Kier alpha value is -0.620. The van der Waals surface area contributed by atoms with Crippen molar-refractivity contribution in [3.05, 3.63) is 0 Å². The molecule has 0 aliphatic carbocycles. The summed E-state index contributed by atoms with van der Waals surface area (Å²) < 4.78 is 21.9. The molecule has 0 bridgehead atoms. The van der Waals surface area contributed by atoms with Gasteiger partial charge in [-0.1, -0.05) is 6.92 Å². The molecule has 0 fully saturated rings. The summed E-state index contributed by atoms with van der Waals surface area (Å²) in [7, 11) is -2.95. The summed E-state index contributed by atoms with van der Waals surface area (Å²) in [5, 5.41) is 2.68. The zero-order valence-corrected chi connectivity index (χ0v) is 10.4. The first-order chi connectivity index (χ1) is 6.89. The highest BCUT2D eigenvalue weighted by Crippen LogP contribution is 1.91. The van der Waals surface area contributed by atoms with Crippen LogP contribution in [0, 0.1) is 0 Å². The fourth-order valence-corrected chi connectivity index (χ4v) is 1.69. The molecule has 0 radical (unpaired) electrons. The SMILES string of the molecule is CCNC(=O)CN(CC)CCS(C)(=O)=O. The molecule has 0 heterocycles. The molecule has 1 N–H and O–H groups in total. The van der Waals surface area contributed by atoms with Crippen molar-refractivity contribution in [1.29, 1.82) is 0 Å². The normalized spacial score (nSPS) is 11.7. The molecule has 90 valence electrons. The first-order valence-corrected chi connectivity index (χ1v) is 7.11. The molecule has 0 aliphatic rings. The predicted molar refractivity (Wildman–Crippen MR) is 60.5 cm³/mol. The maximum atomic E-state index is 11.2. The molecule has 0 unspecified atom stereocenters. The number of amides is 1. The second kappa shape index (κ2) is 6.79. The summed E-state index contributed by atoms with van der Waals surface area (Å²) in [6.45, 7) is 5.70. The molecule has 0 saturated carbocycles. The molecule has 1 amide bonds. The van der Waals surface area contributed by atoms with E-state index < -0.39 is 9.84 Å². The molecule has 0 rings (SSSR count). The minimum absolute atomic E-state index is 0.0622. The average Bonchev–Trinajstić information content (AvgIpc) is 2.11. The third kappa shape index (κ3) is 8.38. The third-order valence-electron chi connectivity index (χ3n) is 1.97. The molecule has 0 aliphatic heterocycles. The summed E-state index contributed by atoms with van der Waals surface area (Å²) in [5.41, 5.74) is 0. The topological polar surface area (TPSA) is 66.5 Å². The third-order valence-corrected chi connectivity index (χ3v) is 2.89. The number of likely N-dealkylation sites (N-methyl/N-ethyl adjacent to an activating group) is 2. The molecule has 6 heteroatoms. The van der Waals surface area contributed by atoms with Gasteiger partial charge in [0.05, 0.1) is 12.3 Å². The van der Waals surface area contributed by atoms with Crippen molar-refractivity contribution in [2.75, 3.05) is 38.2 Å². The number of carbonyl (C=O) groups excluding carboxylic acids is 1. The Kier molecular flexibility index (Phi) is 6.51. The first-order valence-electron chi connectivity index (χ1n) is 5.05. The zero-order chi connectivity index (χ0) is 11.9. The number of nitrogens with zero attached hydrogens (tertiary/aromatic N) is 1. The van der Waals surface area contributed by atoms with Gasteiger partial charge in [-0.3, -0.25) is 9.69 Å². The molecular weight excluding hydrogens is 216 g/mol. The highest BCUT2D eigenvalue weighted by Gasteiger charge is 2.10. The van der Waals surface area contributed by atoms with Gasteiger partial charge in [0.25, 0.3) is 0 Å². The van der Waals surface area contributed by atoms with Gasteiger partial charge < -0.3 is 5.32 Å². The van der Waals surface area contributed by atoms with Gasteiger partial charge in [0.15, 0.2) is 0 Å². The maximum absolute atomic E-state index is 11.2. The van der Waals surface area contributed by atoms with E-state index in [1.807, 2.05) is 18.7 Å². The van der Waals surface area contributed by atoms with E-state index in [4.69, 9.17) is 0 Å². The summed E-state index contributed by atoms with van der Waals surface area (Å²) in [6.07, 6.45) is 1.20. The number of hydrogen-bond acceptors (Lipinski definition) is 4. The number of rotatable bonds is 7. The van der Waals surface area contributed by atoms with Crippen molar-refractivity contribution in [2.45, 2.75) is 13.8 Å². The van der Waals surface area contributed by atoms with E-state index in [-0.39, 0.29) is 18.2 Å². The van der Waals surface area contributed by atoms with Crippen molar-refractivity contribution in [3.63, 3.8) is 0 Å². The second-order valence-corrected chi connectivity index (χ2v) is 5.71. The van der Waals surface area contributed by atoms with Crippen LogP contribution in [0.1, 0.15) is 13.8 Å². The molecule has 0 aromatic carbocycles. The smallest absolute Gasteiger partial charge is 0.234 e. The molecule has 0 atom stereocenters. The lowest BCUT2D eigenvalue weighted by atomic mass is 10.4. The van der Waals surface area contributed by atoms with Crippen LogP contribution in [0.2, 0.25) is 0 Å². The zero-order valence-electron chi connectivity index (χ0n) is 9.62. The van der Waals surface area contributed by atoms with E-state index in [0.29, 0.717) is 19.6 Å². The van der Waals surface area contributed by atoms with Crippen LogP contribution in [0.3, 0.4) is 0 Å². The van der Waals surface area contributed by atoms with Crippen LogP contribution >= 0.6 is 0 Å². The van der Waals surface area contributed by atoms with Gasteiger partial charge in [-0.15, -0.1) is 0 Å². The fraction of sp³-hybridized carbons (Fsp3) is 0.889. The highest BCUT2D eigenvalue weighted by atomic mass is 32.2. The largest absolute Gasteiger partial charge is 0.355 e. The van der Waals surface area contributed by atoms with Crippen LogP contribution < -0.4 is 5.32 Å². The van der Waals surface area contributed by atoms with Crippen molar-refractivity contribution < 1.29 is 13.2 Å². The van der Waals surface area contributed by atoms with Crippen molar-refractivity contribution in [3.8, 4) is 0 Å². The van der Waals surface area contributed by atoms with E-state index >= 15 is 0 Å². The van der Waals surface area contributed by atoms with Crippen LogP contribution in [0.5, 0.6) is 0 Å². The Morgan fingerprint density at radius 1 is 1.33 bits per heavy atom. The molecule has 0 aromatic rings. The van der Waals surface area contributed by atoms with E-state index in [1.54, 1.807) is 0 Å². The van der Waals surface area contributed by atoms with Crippen molar-refractivity contribution in [2.24, 2.45) is 0 Å². The lowest BCUT2D eigenvalue weighted by Crippen LogP contribution is -2.39. The molecular formula is C9H20N2O3S. The van der Waals surface area contributed by atoms with Crippen LogP contribution in [0.4, 0.5) is 0 Å². The first kappa shape index (κ1) is 14.4.